The van der Waals surface area contributed by atoms with Gasteiger partial charge in [-0.15, -0.1) is 0 Å². The van der Waals surface area contributed by atoms with Crippen LogP contribution in [0.3, 0.4) is 0 Å². The van der Waals surface area contributed by atoms with Gasteiger partial charge in [0.25, 0.3) is 0 Å². The van der Waals surface area contributed by atoms with Gasteiger partial charge in [-0.05, 0) is 39.5 Å². The second kappa shape index (κ2) is 6.95. The van der Waals surface area contributed by atoms with Crippen molar-refractivity contribution in [3.8, 4) is 0 Å². The van der Waals surface area contributed by atoms with Crippen LogP contribution in [0.2, 0.25) is 0 Å². The highest BCUT2D eigenvalue weighted by Crippen LogP contribution is 2.30. The van der Waals surface area contributed by atoms with Crippen LogP contribution in [0, 0.1) is 18.8 Å². The molecule has 2 fully saturated rings. The van der Waals surface area contributed by atoms with Crippen molar-refractivity contribution >= 4 is 11.8 Å². The van der Waals surface area contributed by atoms with Gasteiger partial charge in [0, 0.05) is 43.7 Å². The molecule has 6 heteroatoms. The number of nitrogens with zero attached hydrogens (tertiary/aromatic N) is 3. The number of aromatic nitrogens is 2. The molecule has 1 aliphatic heterocycles. The Balaban J connectivity index is 1.49. The summed E-state index contributed by atoms with van der Waals surface area (Å²) < 4.78 is 1.78. The van der Waals surface area contributed by atoms with E-state index in [1.165, 1.54) is 6.42 Å². The van der Waals surface area contributed by atoms with Crippen molar-refractivity contribution in [3.63, 3.8) is 0 Å². The highest BCUT2D eigenvalue weighted by molar-refractivity contribution is 5.81. The van der Waals surface area contributed by atoms with Crippen LogP contribution in [0.4, 0.5) is 0 Å². The predicted octanol–water partition coefficient (Wildman–Crippen LogP) is 1.94. The Kier molecular flexibility index (Phi) is 4.92. The molecule has 2 amide bonds. The first-order valence-corrected chi connectivity index (χ1v) is 9.05. The summed E-state index contributed by atoms with van der Waals surface area (Å²) in [4.78, 5) is 26.8. The molecule has 1 N–H and O–H groups in total. The Labute approximate surface area is 143 Å². The third kappa shape index (κ3) is 3.47. The lowest BCUT2D eigenvalue weighted by molar-refractivity contribution is -0.141. The number of carbonyl (C=O) groups is 2. The van der Waals surface area contributed by atoms with Gasteiger partial charge >= 0.3 is 0 Å². The van der Waals surface area contributed by atoms with Gasteiger partial charge in [-0.2, -0.15) is 5.10 Å². The standard InChI is InChI=1S/C18H28N4O2/c1-12(16-11-21(3)20-13(16)2)19-17(23)14-7-9-22(10-8-14)18(24)15-5-4-6-15/h11-12,14-15H,4-10H2,1-3H3,(H,19,23)/t12-/m1/s1. The molecule has 24 heavy (non-hydrogen) atoms. The van der Waals surface area contributed by atoms with Gasteiger partial charge in [-0.25, -0.2) is 0 Å². The van der Waals surface area contributed by atoms with Crippen molar-refractivity contribution in [2.45, 2.75) is 52.0 Å². The highest BCUT2D eigenvalue weighted by Gasteiger charge is 2.33. The fourth-order valence-electron chi connectivity index (χ4n) is 3.73. The summed E-state index contributed by atoms with van der Waals surface area (Å²) in [5, 5.41) is 7.45. The molecule has 0 unspecified atom stereocenters. The Morgan fingerprint density at radius 3 is 2.38 bits per heavy atom. The van der Waals surface area contributed by atoms with Gasteiger partial charge in [0.05, 0.1) is 11.7 Å². The lowest BCUT2D eigenvalue weighted by Gasteiger charge is -2.36. The molecule has 0 spiro atoms. The number of hydrogen-bond acceptors (Lipinski definition) is 3. The molecule has 132 valence electrons. The summed E-state index contributed by atoms with van der Waals surface area (Å²) in [5.74, 6) is 0.666. The number of piperidine rings is 1. The Hall–Kier alpha value is -1.85. The predicted molar refractivity (Wildman–Crippen MR) is 91.1 cm³/mol. The van der Waals surface area contributed by atoms with Crippen molar-refractivity contribution in [2.75, 3.05) is 13.1 Å². The second-order valence-corrected chi connectivity index (χ2v) is 7.30. The van der Waals surface area contributed by atoms with Crippen LogP contribution in [-0.4, -0.2) is 39.6 Å². The molecule has 1 saturated carbocycles. The minimum atomic E-state index is -0.0409. The molecule has 6 nitrogen and oxygen atoms in total. The van der Waals surface area contributed by atoms with E-state index in [1.807, 2.05) is 32.0 Å². The average molecular weight is 332 g/mol. The lowest BCUT2D eigenvalue weighted by atomic mass is 9.83. The van der Waals surface area contributed by atoms with Crippen molar-refractivity contribution in [1.29, 1.82) is 0 Å². The third-order valence-corrected chi connectivity index (χ3v) is 5.51. The molecule has 1 saturated heterocycles. The number of carbonyl (C=O) groups excluding carboxylic acids is 2. The molecule has 2 heterocycles. The second-order valence-electron chi connectivity index (χ2n) is 7.30. The zero-order valence-electron chi connectivity index (χ0n) is 14.9. The van der Waals surface area contributed by atoms with Crippen molar-refractivity contribution in [1.82, 2.24) is 20.0 Å². The molecular weight excluding hydrogens is 304 g/mol. The molecule has 1 aromatic rings. The van der Waals surface area contributed by atoms with Crippen molar-refractivity contribution in [3.05, 3.63) is 17.5 Å². The monoisotopic (exact) mass is 332 g/mol. The smallest absolute Gasteiger partial charge is 0.225 e. The van der Waals surface area contributed by atoms with E-state index in [0.29, 0.717) is 19.0 Å². The molecular formula is C18H28N4O2. The van der Waals surface area contributed by atoms with E-state index in [-0.39, 0.29) is 23.8 Å². The summed E-state index contributed by atoms with van der Waals surface area (Å²) >= 11 is 0. The fourth-order valence-corrected chi connectivity index (χ4v) is 3.73. The van der Waals surface area contributed by atoms with Gasteiger partial charge in [0.1, 0.15) is 0 Å². The summed E-state index contributed by atoms with van der Waals surface area (Å²) in [7, 11) is 1.89. The Morgan fingerprint density at radius 2 is 1.88 bits per heavy atom. The lowest BCUT2D eigenvalue weighted by Crippen LogP contribution is -2.46. The quantitative estimate of drug-likeness (QED) is 0.916. The average Bonchev–Trinajstić information content (AvgIpc) is 2.84. The fraction of sp³-hybridized carbons (Fsp3) is 0.722. The van der Waals surface area contributed by atoms with E-state index in [1.54, 1.807) is 4.68 Å². The van der Waals surface area contributed by atoms with E-state index in [9.17, 15) is 9.59 Å². The third-order valence-electron chi connectivity index (χ3n) is 5.51. The number of rotatable bonds is 4. The first-order chi connectivity index (χ1) is 11.5. The summed E-state index contributed by atoms with van der Waals surface area (Å²) in [6, 6.07) is -0.0409. The molecule has 0 aromatic carbocycles. The molecule has 1 aliphatic carbocycles. The van der Waals surface area contributed by atoms with Crippen LogP contribution < -0.4 is 5.32 Å². The first-order valence-electron chi connectivity index (χ1n) is 9.05. The van der Waals surface area contributed by atoms with Crippen LogP contribution in [-0.2, 0) is 16.6 Å². The normalized spacial score (nSPS) is 20.5. The number of likely N-dealkylation sites (tertiary alicyclic amines) is 1. The van der Waals surface area contributed by atoms with Gasteiger partial charge < -0.3 is 10.2 Å². The summed E-state index contributed by atoms with van der Waals surface area (Å²) in [6.45, 7) is 5.39. The maximum Gasteiger partial charge on any atom is 0.225 e. The van der Waals surface area contributed by atoms with E-state index >= 15 is 0 Å². The molecule has 1 atom stereocenters. The maximum absolute atomic E-state index is 12.5. The van der Waals surface area contributed by atoms with E-state index < -0.39 is 0 Å². The highest BCUT2D eigenvalue weighted by atomic mass is 16.2. The zero-order valence-corrected chi connectivity index (χ0v) is 14.9. The number of amides is 2. The molecule has 0 radical (unpaired) electrons. The first kappa shape index (κ1) is 17.0. The minimum absolute atomic E-state index is 0.00914. The Morgan fingerprint density at radius 1 is 1.21 bits per heavy atom. The maximum atomic E-state index is 12.5. The van der Waals surface area contributed by atoms with Gasteiger partial charge in [-0.1, -0.05) is 6.42 Å². The molecule has 1 aromatic heterocycles. The van der Waals surface area contributed by atoms with Gasteiger partial charge in [-0.3, -0.25) is 14.3 Å². The minimum Gasteiger partial charge on any atom is -0.349 e. The summed E-state index contributed by atoms with van der Waals surface area (Å²) in [5.41, 5.74) is 2.01. The van der Waals surface area contributed by atoms with E-state index in [4.69, 9.17) is 0 Å². The van der Waals surface area contributed by atoms with Crippen LogP contribution in [0.25, 0.3) is 0 Å². The van der Waals surface area contributed by atoms with Gasteiger partial charge in [0.15, 0.2) is 0 Å². The largest absolute Gasteiger partial charge is 0.349 e. The van der Waals surface area contributed by atoms with E-state index in [0.717, 1.165) is 36.9 Å². The molecule has 0 bridgehead atoms. The van der Waals surface area contributed by atoms with E-state index in [2.05, 4.69) is 10.4 Å². The Bertz CT molecular complexity index is 613. The van der Waals surface area contributed by atoms with Crippen LogP contribution in [0.15, 0.2) is 6.20 Å². The molecule has 3 rings (SSSR count). The van der Waals surface area contributed by atoms with Crippen LogP contribution in [0.1, 0.15) is 56.3 Å². The van der Waals surface area contributed by atoms with Crippen molar-refractivity contribution in [2.24, 2.45) is 18.9 Å². The van der Waals surface area contributed by atoms with Crippen LogP contribution in [0.5, 0.6) is 0 Å². The van der Waals surface area contributed by atoms with Crippen molar-refractivity contribution < 1.29 is 9.59 Å². The topological polar surface area (TPSA) is 67.2 Å². The number of hydrogen-bond donors (Lipinski definition) is 1. The van der Waals surface area contributed by atoms with Crippen LogP contribution >= 0.6 is 0 Å². The molecule has 2 aliphatic rings. The number of aryl methyl sites for hydroxylation is 2. The summed E-state index contributed by atoms with van der Waals surface area (Å²) in [6.07, 6.45) is 6.76. The van der Waals surface area contributed by atoms with Gasteiger partial charge in [0.2, 0.25) is 11.8 Å². The zero-order chi connectivity index (χ0) is 17.3. The SMILES string of the molecule is Cc1nn(C)cc1[C@@H](C)NC(=O)C1CCN(C(=O)C2CCC2)CC1. The number of nitrogens with one attached hydrogen (secondary N) is 1.